The minimum absolute atomic E-state index is 0.516. The molecule has 98 valence electrons. The van der Waals surface area contributed by atoms with Gasteiger partial charge in [-0.1, -0.05) is 31.4 Å². The van der Waals surface area contributed by atoms with Crippen molar-refractivity contribution in [2.24, 2.45) is 5.92 Å². The zero-order valence-corrected chi connectivity index (χ0v) is 11.2. The molecule has 0 spiro atoms. The van der Waals surface area contributed by atoms with Crippen molar-refractivity contribution in [3.8, 4) is 5.75 Å². The van der Waals surface area contributed by atoms with Gasteiger partial charge >= 0.3 is 0 Å². The van der Waals surface area contributed by atoms with E-state index in [1.54, 1.807) is 0 Å². The van der Waals surface area contributed by atoms with Crippen molar-refractivity contribution >= 4 is 0 Å². The average Bonchev–Trinajstić information content (AvgIpc) is 2.37. The van der Waals surface area contributed by atoms with Gasteiger partial charge in [-0.15, -0.1) is 0 Å². The number of hydrogen-bond acceptors (Lipinski definition) is 2. The summed E-state index contributed by atoms with van der Waals surface area (Å²) in [5, 5.41) is 3.48. The van der Waals surface area contributed by atoms with E-state index < -0.39 is 0 Å². The van der Waals surface area contributed by atoms with E-state index in [1.165, 1.54) is 43.2 Å². The highest BCUT2D eigenvalue weighted by Gasteiger charge is 2.23. The molecule has 1 aliphatic carbocycles. The Kier molecular flexibility index (Phi) is 3.55. The first kappa shape index (κ1) is 12.0. The van der Waals surface area contributed by atoms with Crippen LogP contribution in [0, 0.1) is 5.92 Å². The number of ether oxygens (including phenoxy) is 1. The fraction of sp³-hybridized carbons (Fsp3) is 0.625. The van der Waals surface area contributed by atoms with Crippen LogP contribution in [0.3, 0.4) is 0 Å². The van der Waals surface area contributed by atoms with Gasteiger partial charge in [0.15, 0.2) is 0 Å². The molecule has 0 saturated heterocycles. The fourth-order valence-corrected chi connectivity index (χ4v) is 3.08. The maximum absolute atomic E-state index is 5.68. The third-order valence-corrected chi connectivity index (χ3v) is 4.48. The molecule has 1 aliphatic heterocycles. The molecule has 1 fully saturated rings. The molecule has 0 aromatic heterocycles. The number of fused-ring (bicyclic) bond motifs is 1. The van der Waals surface area contributed by atoms with Gasteiger partial charge in [0.05, 0.1) is 6.61 Å². The summed E-state index contributed by atoms with van der Waals surface area (Å²) >= 11 is 0. The first-order valence-corrected chi connectivity index (χ1v) is 7.29. The second kappa shape index (κ2) is 5.31. The second-order valence-corrected chi connectivity index (χ2v) is 5.69. The van der Waals surface area contributed by atoms with Crippen LogP contribution in [0.5, 0.6) is 5.75 Å². The predicted molar refractivity (Wildman–Crippen MR) is 74.0 cm³/mol. The van der Waals surface area contributed by atoms with Crippen LogP contribution in [-0.4, -0.2) is 13.7 Å². The molecule has 1 atom stereocenters. The summed E-state index contributed by atoms with van der Waals surface area (Å²) in [7, 11) is 2.08. The lowest BCUT2D eigenvalue weighted by Crippen LogP contribution is -2.23. The minimum atomic E-state index is 0.516. The Hall–Kier alpha value is -1.02. The maximum Gasteiger partial charge on any atom is 0.122 e. The Morgan fingerprint density at radius 2 is 2.22 bits per heavy atom. The van der Waals surface area contributed by atoms with E-state index in [1.807, 2.05) is 0 Å². The average molecular weight is 245 g/mol. The van der Waals surface area contributed by atoms with Crippen LogP contribution < -0.4 is 10.1 Å². The first-order chi connectivity index (χ1) is 8.86. The zero-order chi connectivity index (χ0) is 12.4. The van der Waals surface area contributed by atoms with Crippen molar-refractivity contribution in [3.05, 3.63) is 29.3 Å². The van der Waals surface area contributed by atoms with E-state index in [9.17, 15) is 0 Å². The Balaban J connectivity index is 1.76. The molecule has 18 heavy (non-hydrogen) atoms. The van der Waals surface area contributed by atoms with Crippen LogP contribution in [0.15, 0.2) is 18.2 Å². The maximum atomic E-state index is 5.68. The third-order valence-electron chi connectivity index (χ3n) is 4.48. The lowest BCUT2D eigenvalue weighted by Gasteiger charge is -2.30. The van der Waals surface area contributed by atoms with Gasteiger partial charge in [-0.3, -0.25) is 0 Å². The van der Waals surface area contributed by atoms with Crippen LogP contribution in [-0.2, 0) is 6.42 Å². The fourth-order valence-electron chi connectivity index (χ4n) is 3.08. The summed E-state index contributed by atoms with van der Waals surface area (Å²) in [5.41, 5.74) is 2.83. The number of nitrogens with one attached hydrogen (secondary N) is 1. The van der Waals surface area contributed by atoms with Crippen molar-refractivity contribution in [2.45, 2.75) is 44.6 Å². The molecule has 1 aromatic carbocycles. The summed E-state index contributed by atoms with van der Waals surface area (Å²) in [6, 6.07) is 7.27. The van der Waals surface area contributed by atoms with Gasteiger partial charge in [0.2, 0.25) is 0 Å². The van der Waals surface area contributed by atoms with Crippen molar-refractivity contribution in [1.82, 2.24) is 5.32 Å². The topological polar surface area (TPSA) is 21.3 Å². The molecular weight excluding hydrogens is 222 g/mol. The van der Waals surface area contributed by atoms with E-state index in [2.05, 4.69) is 30.6 Å². The predicted octanol–water partition coefficient (Wildman–Crippen LogP) is 3.46. The summed E-state index contributed by atoms with van der Waals surface area (Å²) in [4.78, 5) is 0. The Bertz CT molecular complexity index is 412. The monoisotopic (exact) mass is 245 g/mol. The van der Waals surface area contributed by atoms with Crippen molar-refractivity contribution < 1.29 is 4.74 Å². The quantitative estimate of drug-likeness (QED) is 0.877. The lowest BCUT2D eigenvalue weighted by atomic mass is 9.79. The Labute approximate surface area is 110 Å². The highest BCUT2D eigenvalue weighted by atomic mass is 16.5. The van der Waals surface area contributed by atoms with Gasteiger partial charge in [0, 0.05) is 6.04 Å². The molecule has 1 saturated carbocycles. The molecule has 2 heteroatoms. The highest BCUT2D eigenvalue weighted by Crippen LogP contribution is 2.36. The van der Waals surface area contributed by atoms with Crippen molar-refractivity contribution in [3.63, 3.8) is 0 Å². The second-order valence-electron chi connectivity index (χ2n) is 5.69. The highest BCUT2D eigenvalue weighted by molar-refractivity contribution is 5.39. The van der Waals surface area contributed by atoms with Gasteiger partial charge in [0.25, 0.3) is 0 Å². The molecule has 0 amide bonds. The molecule has 2 aliphatic rings. The number of aryl methyl sites for hydroxylation is 1. The zero-order valence-electron chi connectivity index (χ0n) is 11.2. The van der Waals surface area contributed by atoms with E-state index in [-0.39, 0.29) is 0 Å². The van der Waals surface area contributed by atoms with Crippen molar-refractivity contribution in [1.29, 1.82) is 0 Å². The first-order valence-electron chi connectivity index (χ1n) is 7.29. The molecule has 2 nitrogen and oxygen atoms in total. The molecule has 1 aromatic rings. The van der Waals surface area contributed by atoms with Crippen LogP contribution in [0.4, 0.5) is 0 Å². The summed E-state index contributed by atoms with van der Waals surface area (Å²) in [6.45, 7) is 0.879. The van der Waals surface area contributed by atoms with Crippen LogP contribution in [0.1, 0.15) is 49.3 Å². The smallest absolute Gasteiger partial charge is 0.122 e. The molecule has 3 rings (SSSR count). The molecule has 1 unspecified atom stereocenters. The minimum Gasteiger partial charge on any atom is -0.493 e. The van der Waals surface area contributed by atoms with Crippen LogP contribution in [0.25, 0.3) is 0 Å². The van der Waals surface area contributed by atoms with E-state index in [0.29, 0.717) is 6.04 Å². The molecule has 1 heterocycles. The standard InChI is InChI=1S/C16H23NO/c1-17-15(10-12-4-2-5-12)13-7-8-16-14(11-13)6-3-9-18-16/h7-8,11-12,15,17H,2-6,9-10H2,1H3. The summed E-state index contributed by atoms with van der Waals surface area (Å²) in [6.07, 6.45) is 7.89. The van der Waals surface area contributed by atoms with Crippen molar-refractivity contribution in [2.75, 3.05) is 13.7 Å². The third kappa shape index (κ3) is 2.39. The Morgan fingerprint density at radius 1 is 1.33 bits per heavy atom. The molecular formula is C16H23NO. The van der Waals surface area contributed by atoms with Gasteiger partial charge in [-0.25, -0.2) is 0 Å². The number of rotatable bonds is 4. The van der Waals surface area contributed by atoms with Crippen LogP contribution in [0.2, 0.25) is 0 Å². The molecule has 0 bridgehead atoms. The van der Waals surface area contributed by atoms with E-state index in [4.69, 9.17) is 4.74 Å². The normalized spacial score (nSPS) is 20.7. The molecule has 1 N–H and O–H groups in total. The SMILES string of the molecule is CNC(CC1CCC1)c1ccc2c(c1)CCCO2. The molecule has 0 radical (unpaired) electrons. The number of hydrogen-bond donors (Lipinski definition) is 1. The Morgan fingerprint density at radius 3 is 2.94 bits per heavy atom. The largest absolute Gasteiger partial charge is 0.493 e. The van der Waals surface area contributed by atoms with E-state index >= 15 is 0 Å². The van der Waals surface area contributed by atoms with Crippen LogP contribution >= 0.6 is 0 Å². The van der Waals surface area contributed by atoms with Gasteiger partial charge < -0.3 is 10.1 Å². The van der Waals surface area contributed by atoms with Gasteiger partial charge in [-0.05, 0) is 49.4 Å². The van der Waals surface area contributed by atoms with Gasteiger partial charge in [0.1, 0.15) is 5.75 Å². The summed E-state index contributed by atoms with van der Waals surface area (Å²) < 4.78 is 5.68. The summed E-state index contributed by atoms with van der Waals surface area (Å²) in [5.74, 6) is 2.04. The lowest BCUT2D eigenvalue weighted by molar-refractivity contribution is 0.265. The number of benzene rings is 1. The van der Waals surface area contributed by atoms with Gasteiger partial charge in [-0.2, -0.15) is 0 Å². The van der Waals surface area contributed by atoms with E-state index in [0.717, 1.165) is 24.7 Å².